The molecule has 2 heterocycles. The molecule has 2 aliphatic carbocycles. The number of aryl methyl sites for hydroxylation is 1. The molecule has 5 rings (SSSR count). The first kappa shape index (κ1) is 25.5. The van der Waals surface area contributed by atoms with Gasteiger partial charge in [0, 0.05) is 18.3 Å². The number of benzene rings is 1. The number of hydrogen-bond acceptors (Lipinski definition) is 6. The van der Waals surface area contributed by atoms with Crippen LogP contribution in [0.1, 0.15) is 68.5 Å². The number of carbonyl (C=O) groups is 3. The first-order chi connectivity index (χ1) is 17.5. The van der Waals surface area contributed by atoms with E-state index in [2.05, 4.69) is 34.1 Å². The van der Waals surface area contributed by atoms with Crippen LogP contribution in [0.15, 0.2) is 24.3 Å². The van der Waals surface area contributed by atoms with Crippen molar-refractivity contribution in [3.05, 3.63) is 35.4 Å². The van der Waals surface area contributed by atoms with Crippen molar-refractivity contribution in [3.8, 4) is 0 Å². The standard InChI is InChI=1S/C27H38N4O4S/c1-28-16-22(32)30-21-11-14-35-24-15-27(12-4-5-13-27)26(31(24)25(21)34)36-17-23(33)29-20-10-6-8-18-7-2-3-9-19(18)20/h2-3,7,9,20-21,24,26,28H,4-6,8,10-17H2,1H3,(H,29,33)(H,30,32). The molecule has 2 saturated heterocycles. The van der Waals surface area contributed by atoms with Crippen LogP contribution in [0.5, 0.6) is 0 Å². The number of fused-ring (bicyclic) bond motifs is 2. The number of likely N-dealkylation sites (N-methyl/N-ethyl adjacent to an activating group) is 1. The van der Waals surface area contributed by atoms with Gasteiger partial charge in [0.05, 0.1) is 30.3 Å². The summed E-state index contributed by atoms with van der Waals surface area (Å²) in [6, 6.07) is 7.83. The Labute approximate surface area is 217 Å². The first-order valence-electron chi connectivity index (χ1n) is 13.4. The van der Waals surface area contributed by atoms with Gasteiger partial charge in [-0.1, -0.05) is 37.1 Å². The highest BCUT2D eigenvalue weighted by Crippen LogP contribution is 2.56. The number of hydrogen-bond donors (Lipinski definition) is 3. The van der Waals surface area contributed by atoms with Crippen LogP contribution >= 0.6 is 11.8 Å². The number of thioether (sulfide) groups is 1. The molecular weight excluding hydrogens is 476 g/mol. The Morgan fingerprint density at radius 2 is 1.86 bits per heavy atom. The fraction of sp³-hybridized carbons (Fsp3) is 0.667. The molecule has 196 valence electrons. The topological polar surface area (TPSA) is 99.8 Å². The van der Waals surface area contributed by atoms with Crippen molar-refractivity contribution in [2.45, 2.75) is 81.5 Å². The number of rotatable bonds is 7. The van der Waals surface area contributed by atoms with Gasteiger partial charge in [-0.25, -0.2) is 0 Å². The van der Waals surface area contributed by atoms with Crippen LogP contribution in [0, 0.1) is 5.41 Å². The van der Waals surface area contributed by atoms with E-state index in [1.165, 1.54) is 11.1 Å². The molecule has 4 unspecified atom stereocenters. The van der Waals surface area contributed by atoms with Crippen LogP contribution in [-0.4, -0.2) is 66.2 Å². The Kier molecular flexibility index (Phi) is 7.88. The van der Waals surface area contributed by atoms with Crippen LogP contribution in [0.25, 0.3) is 0 Å². The highest BCUT2D eigenvalue weighted by Gasteiger charge is 2.57. The molecule has 9 heteroatoms. The fourth-order valence-electron chi connectivity index (χ4n) is 6.64. The van der Waals surface area contributed by atoms with Gasteiger partial charge < -0.3 is 25.6 Å². The van der Waals surface area contributed by atoms with E-state index in [9.17, 15) is 14.4 Å². The summed E-state index contributed by atoms with van der Waals surface area (Å²) in [5.74, 6) is 0.0453. The molecule has 4 aliphatic rings. The van der Waals surface area contributed by atoms with E-state index in [-0.39, 0.29) is 47.3 Å². The monoisotopic (exact) mass is 514 g/mol. The summed E-state index contributed by atoms with van der Waals surface area (Å²) in [6.45, 7) is 0.604. The maximum atomic E-state index is 13.7. The van der Waals surface area contributed by atoms with E-state index in [1.54, 1.807) is 18.8 Å². The quantitative estimate of drug-likeness (QED) is 0.517. The Bertz CT molecular complexity index is 982. The number of nitrogens with one attached hydrogen (secondary N) is 3. The minimum absolute atomic E-state index is 0.0142. The summed E-state index contributed by atoms with van der Waals surface area (Å²) in [7, 11) is 1.71. The summed E-state index contributed by atoms with van der Waals surface area (Å²) >= 11 is 1.58. The van der Waals surface area contributed by atoms with Gasteiger partial charge in [-0.2, -0.15) is 0 Å². The molecule has 4 atom stereocenters. The van der Waals surface area contributed by atoms with Crippen LogP contribution in [0.3, 0.4) is 0 Å². The third-order valence-electron chi connectivity index (χ3n) is 8.29. The van der Waals surface area contributed by atoms with Crippen molar-refractivity contribution >= 4 is 29.5 Å². The fourth-order valence-corrected chi connectivity index (χ4v) is 8.11. The zero-order chi connectivity index (χ0) is 25.1. The van der Waals surface area contributed by atoms with E-state index >= 15 is 0 Å². The normalized spacial score (nSPS) is 28.9. The molecule has 0 aromatic heterocycles. The SMILES string of the molecule is CNCC(=O)NC1CCOC2CC3(CCCC3)C(SCC(=O)NC3CCCc4ccccc43)N2C1=O. The van der Waals surface area contributed by atoms with E-state index in [0.29, 0.717) is 18.8 Å². The van der Waals surface area contributed by atoms with Crippen molar-refractivity contribution in [3.63, 3.8) is 0 Å². The lowest BCUT2D eigenvalue weighted by atomic mass is 9.85. The average Bonchev–Trinajstić information content (AvgIpc) is 3.42. The molecule has 8 nitrogen and oxygen atoms in total. The highest BCUT2D eigenvalue weighted by molar-refractivity contribution is 8.00. The first-order valence-corrected chi connectivity index (χ1v) is 14.4. The van der Waals surface area contributed by atoms with E-state index in [4.69, 9.17) is 4.74 Å². The molecule has 1 spiro atoms. The van der Waals surface area contributed by atoms with E-state index in [0.717, 1.165) is 51.4 Å². The van der Waals surface area contributed by atoms with Gasteiger partial charge in [0.25, 0.3) is 0 Å². The third-order valence-corrected chi connectivity index (χ3v) is 9.76. The molecule has 3 amide bonds. The summed E-state index contributed by atoms with van der Waals surface area (Å²) in [4.78, 5) is 41.0. The van der Waals surface area contributed by atoms with Crippen molar-refractivity contribution in [2.24, 2.45) is 5.41 Å². The summed E-state index contributed by atoms with van der Waals surface area (Å²) in [5.41, 5.74) is 2.52. The summed E-state index contributed by atoms with van der Waals surface area (Å²) in [6.07, 6.45) is 8.44. The lowest BCUT2D eigenvalue weighted by molar-refractivity contribution is -0.142. The van der Waals surface area contributed by atoms with Gasteiger partial charge in [-0.05, 0) is 50.3 Å². The lowest BCUT2D eigenvalue weighted by Gasteiger charge is -2.36. The molecule has 0 bridgehead atoms. The van der Waals surface area contributed by atoms with Gasteiger partial charge in [0.15, 0.2) is 0 Å². The second-order valence-electron chi connectivity index (χ2n) is 10.7. The number of amides is 3. The summed E-state index contributed by atoms with van der Waals surface area (Å²) < 4.78 is 6.18. The highest BCUT2D eigenvalue weighted by atomic mass is 32.2. The van der Waals surface area contributed by atoms with Crippen molar-refractivity contribution in [1.29, 1.82) is 0 Å². The van der Waals surface area contributed by atoms with E-state index in [1.807, 2.05) is 11.0 Å². The largest absolute Gasteiger partial charge is 0.358 e. The maximum Gasteiger partial charge on any atom is 0.248 e. The second-order valence-corrected chi connectivity index (χ2v) is 11.7. The maximum absolute atomic E-state index is 13.7. The molecular formula is C27H38N4O4S. The molecule has 3 fully saturated rings. The Morgan fingerprint density at radius 1 is 1.08 bits per heavy atom. The number of nitrogens with zero attached hydrogens (tertiary/aromatic N) is 1. The van der Waals surface area contributed by atoms with Crippen LogP contribution in [0.2, 0.25) is 0 Å². The minimum atomic E-state index is -0.594. The van der Waals surface area contributed by atoms with Crippen molar-refractivity contribution in [2.75, 3.05) is 26.0 Å². The Balaban J connectivity index is 1.29. The predicted molar refractivity (Wildman–Crippen MR) is 139 cm³/mol. The molecule has 36 heavy (non-hydrogen) atoms. The number of carbonyl (C=O) groups excluding carboxylic acids is 3. The zero-order valence-corrected chi connectivity index (χ0v) is 21.9. The lowest BCUT2D eigenvalue weighted by Crippen LogP contribution is -2.53. The third kappa shape index (κ3) is 5.15. The minimum Gasteiger partial charge on any atom is -0.358 e. The molecule has 3 N–H and O–H groups in total. The van der Waals surface area contributed by atoms with Crippen LogP contribution in [-0.2, 0) is 25.5 Å². The molecule has 1 aromatic carbocycles. The van der Waals surface area contributed by atoms with Gasteiger partial charge in [0.2, 0.25) is 17.7 Å². The zero-order valence-electron chi connectivity index (χ0n) is 21.1. The molecule has 0 radical (unpaired) electrons. The molecule has 1 aromatic rings. The van der Waals surface area contributed by atoms with Crippen LogP contribution < -0.4 is 16.0 Å². The predicted octanol–water partition coefficient (Wildman–Crippen LogP) is 2.48. The Hall–Kier alpha value is -2.10. The van der Waals surface area contributed by atoms with Crippen molar-refractivity contribution < 1.29 is 19.1 Å². The van der Waals surface area contributed by atoms with Crippen LogP contribution in [0.4, 0.5) is 0 Å². The second kappa shape index (κ2) is 11.1. The van der Waals surface area contributed by atoms with Gasteiger partial charge in [0.1, 0.15) is 12.3 Å². The molecule has 2 aliphatic heterocycles. The average molecular weight is 515 g/mol. The van der Waals surface area contributed by atoms with Crippen molar-refractivity contribution in [1.82, 2.24) is 20.9 Å². The van der Waals surface area contributed by atoms with Gasteiger partial charge >= 0.3 is 0 Å². The van der Waals surface area contributed by atoms with Gasteiger partial charge in [-0.15, -0.1) is 11.8 Å². The summed E-state index contributed by atoms with van der Waals surface area (Å²) in [5, 5.41) is 8.87. The molecule has 1 saturated carbocycles. The van der Waals surface area contributed by atoms with E-state index < -0.39 is 6.04 Å². The van der Waals surface area contributed by atoms with Gasteiger partial charge in [-0.3, -0.25) is 14.4 Å². The smallest absolute Gasteiger partial charge is 0.248 e. The number of ether oxygens (including phenoxy) is 1. The Morgan fingerprint density at radius 3 is 2.67 bits per heavy atom.